The molecule has 74 valence electrons. The Bertz CT molecular complexity index is 341. The third kappa shape index (κ3) is 1.72. The van der Waals surface area contributed by atoms with Crippen LogP contribution in [0.5, 0.6) is 0 Å². The lowest BCUT2D eigenvalue weighted by Gasteiger charge is -2.27. The molecular formula is C12H14O2. The monoisotopic (exact) mass is 190 g/mol. The van der Waals surface area contributed by atoms with Gasteiger partial charge in [-0.15, -0.1) is 0 Å². The van der Waals surface area contributed by atoms with Gasteiger partial charge < -0.3 is 10.2 Å². The fourth-order valence-electron chi connectivity index (χ4n) is 1.70. The Morgan fingerprint density at radius 3 is 1.57 bits per heavy atom. The molecule has 0 bridgehead atoms. The fraction of sp³-hybridized carbons (Fsp3) is 0.333. The van der Waals surface area contributed by atoms with Crippen molar-refractivity contribution in [3.63, 3.8) is 0 Å². The Balaban J connectivity index is 2.42. The molecule has 0 aromatic heterocycles. The summed E-state index contributed by atoms with van der Waals surface area (Å²) in [5.41, 5.74) is 0.175. The summed E-state index contributed by atoms with van der Waals surface area (Å²) in [6.07, 6.45) is 10.7. The van der Waals surface area contributed by atoms with Crippen LogP contribution in [0.25, 0.3) is 0 Å². The average Bonchev–Trinajstić information content (AvgIpc) is 2.04. The molecule has 2 heteroatoms. The molecule has 2 aliphatic rings. The van der Waals surface area contributed by atoms with E-state index in [1.54, 1.807) is 38.2 Å². The molecule has 0 saturated heterocycles. The number of hydrogen-bond donors (Lipinski definition) is 2. The molecular weight excluding hydrogens is 176 g/mol. The lowest BCUT2D eigenvalue weighted by atomic mass is 9.84. The zero-order valence-electron chi connectivity index (χ0n) is 8.36. The van der Waals surface area contributed by atoms with E-state index >= 15 is 0 Å². The van der Waals surface area contributed by atoms with Crippen molar-refractivity contribution in [2.45, 2.75) is 25.0 Å². The molecule has 0 aliphatic heterocycles. The normalized spacial score (nSPS) is 40.3. The van der Waals surface area contributed by atoms with Crippen LogP contribution in [0.15, 0.2) is 47.6 Å². The number of rotatable bonds is 0. The Labute approximate surface area is 83.6 Å². The second-order valence-corrected chi connectivity index (χ2v) is 4.32. The first-order chi connectivity index (χ1) is 6.38. The van der Waals surface area contributed by atoms with Crippen molar-refractivity contribution in [2.75, 3.05) is 0 Å². The second kappa shape index (κ2) is 2.69. The molecule has 14 heavy (non-hydrogen) atoms. The van der Waals surface area contributed by atoms with Crippen LogP contribution in [0, 0.1) is 0 Å². The van der Waals surface area contributed by atoms with Crippen molar-refractivity contribution < 1.29 is 10.2 Å². The Kier molecular flexibility index (Phi) is 1.81. The highest BCUT2D eigenvalue weighted by atomic mass is 16.3. The van der Waals surface area contributed by atoms with Gasteiger partial charge >= 0.3 is 0 Å². The van der Waals surface area contributed by atoms with Gasteiger partial charge in [0.05, 0.1) is 11.2 Å². The number of aliphatic hydroxyl groups is 2. The van der Waals surface area contributed by atoms with Crippen molar-refractivity contribution in [1.82, 2.24) is 0 Å². The van der Waals surface area contributed by atoms with E-state index in [-0.39, 0.29) is 0 Å². The van der Waals surface area contributed by atoms with E-state index in [0.29, 0.717) is 0 Å². The maximum absolute atomic E-state index is 9.76. The standard InChI is InChI=1S/C12H14O2/c1-11(13)5-3-10-8-12(2,14)6-4-9(10)7-11/h3-8,13-14H,1-2H3. The van der Waals surface area contributed by atoms with Crippen LogP contribution in [0.4, 0.5) is 0 Å². The van der Waals surface area contributed by atoms with Gasteiger partial charge in [0, 0.05) is 0 Å². The molecule has 0 aromatic rings. The van der Waals surface area contributed by atoms with Crippen LogP contribution in [0.3, 0.4) is 0 Å². The zero-order chi connectivity index (χ0) is 10.4. The molecule has 2 atom stereocenters. The van der Waals surface area contributed by atoms with Gasteiger partial charge in [-0.2, -0.15) is 0 Å². The van der Waals surface area contributed by atoms with E-state index < -0.39 is 11.2 Å². The maximum atomic E-state index is 9.76. The van der Waals surface area contributed by atoms with Crippen molar-refractivity contribution in [3.05, 3.63) is 47.6 Å². The van der Waals surface area contributed by atoms with Crippen LogP contribution in [-0.2, 0) is 0 Å². The highest BCUT2D eigenvalue weighted by molar-refractivity contribution is 5.56. The van der Waals surface area contributed by atoms with Crippen molar-refractivity contribution >= 4 is 0 Å². The van der Waals surface area contributed by atoms with Crippen molar-refractivity contribution in [1.29, 1.82) is 0 Å². The molecule has 0 aromatic carbocycles. The van der Waals surface area contributed by atoms with Gasteiger partial charge in [-0.25, -0.2) is 0 Å². The molecule has 0 amide bonds. The van der Waals surface area contributed by atoms with E-state index in [2.05, 4.69) is 0 Å². The van der Waals surface area contributed by atoms with Crippen LogP contribution >= 0.6 is 0 Å². The predicted octanol–water partition coefficient (Wildman–Crippen LogP) is 1.48. The van der Waals surface area contributed by atoms with E-state index in [1.807, 2.05) is 12.2 Å². The predicted molar refractivity (Wildman–Crippen MR) is 55.7 cm³/mol. The SMILES string of the molecule is CC1(O)C=CC2=CC(C)(O)C=CC2=C1. The summed E-state index contributed by atoms with van der Waals surface area (Å²) in [6, 6.07) is 0. The maximum Gasteiger partial charge on any atom is 0.0992 e. The van der Waals surface area contributed by atoms with E-state index in [9.17, 15) is 10.2 Å². The number of allylic oxidation sites excluding steroid dienone is 4. The number of hydrogen-bond acceptors (Lipinski definition) is 2. The zero-order valence-corrected chi connectivity index (χ0v) is 8.36. The smallest absolute Gasteiger partial charge is 0.0992 e. The van der Waals surface area contributed by atoms with Gasteiger partial charge in [-0.05, 0) is 49.3 Å². The minimum atomic E-state index is -0.875. The average molecular weight is 190 g/mol. The first kappa shape index (κ1) is 9.44. The molecule has 2 unspecified atom stereocenters. The van der Waals surface area contributed by atoms with Gasteiger partial charge in [0.15, 0.2) is 0 Å². The third-order valence-corrected chi connectivity index (χ3v) is 2.43. The van der Waals surface area contributed by atoms with Crippen LogP contribution in [0.2, 0.25) is 0 Å². The molecule has 0 heterocycles. The molecule has 2 aliphatic carbocycles. The van der Waals surface area contributed by atoms with Gasteiger partial charge in [-0.3, -0.25) is 0 Å². The summed E-state index contributed by atoms with van der Waals surface area (Å²) < 4.78 is 0. The first-order valence-corrected chi connectivity index (χ1v) is 4.67. The largest absolute Gasteiger partial charge is 0.382 e. The van der Waals surface area contributed by atoms with Crippen molar-refractivity contribution in [3.8, 4) is 0 Å². The van der Waals surface area contributed by atoms with Gasteiger partial charge in [-0.1, -0.05) is 12.2 Å². The fourth-order valence-corrected chi connectivity index (χ4v) is 1.70. The molecule has 2 rings (SSSR count). The highest BCUT2D eigenvalue weighted by Crippen LogP contribution is 2.31. The Hall–Kier alpha value is -1.12. The summed E-state index contributed by atoms with van der Waals surface area (Å²) in [4.78, 5) is 0. The topological polar surface area (TPSA) is 40.5 Å². The van der Waals surface area contributed by atoms with E-state index in [4.69, 9.17) is 0 Å². The summed E-state index contributed by atoms with van der Waals surface area (Å²) in [5.74, 6) is 0. The lowest BCUT2D eigenvalue weighted by molar-refractivity contribution is 0.157. The van der Waals surface area contributed by atoms with Crippen molar-refractivity contribution in [2.24, 2.45) is 0 Å². The van der Waals surface area contributed by atoms with Crippen LogP contribution < -0.4 is 0 Å². The molecule has 0 saturated carbocycles. The van der Waals surface area contributed by atoms with Crippen LogP contribution in [0.1, 0.15) is 13.8 Å². The van der Waals surface area contributed by atoms with Gasteiger partial charge in [0.25, 0.3) is 0 Å². The van der Waals surface area contributed by atoms with Crippen LogP contribution in [-0.4, -0.2) is 21.4 Å². The third-order valence-electron chi connectivity index (χ3n) is 2.43. The molecule has 0 spiro atoms. The molecule has 2 N–H and O–H groups in total. The Morgan fingerprint density at radius 1 is 0.857 bits per heavy atom. The minimum Gasteiger partial charge on any atom is -0.382 e. The summed E-state index contributed by atoms with van der Waals surface area (Å²) in [6.45, 7) is 3.46. The quantitative estimate of drug-likeness (QED) is 0.607. The molecule has 0 fully saturated rings. The second-order valence-electron chi connectivity index (χ2n) is 4.32. The minimum absolute atomic E-state index is 0.875. The highest BCUT2D eigenvalue weighted by Gasteiger charge is 2.24. The summed E-state index contributed by atoms with van der Waals surface area (Å²) in [7, 11) is 0. The molecule has 0 radical (unpaired) electrons. The summed E-state index contributed by atoms with van der Waals surface area (Å²) >= 11 is 0. The van der Waals surface area contributed by atoms with E-state index in [1.165, 1.54) is 0 Å². The van der Waals surface area contributed by atoms with Gasteiger partial charge in [0.2, 0.25) is 0 Å². The first-order valence-electron chi connectivity index (χ1n) is 4.67. The van der Waals surface area contributed by atoms with Gasteiger partial charge in [0.1, 0.15) is 0 Å². The lowest BCUT2D eigenvalue weighted by Crippen LogP contribution is -2.25. The Morgan fingerprint density at radius 2 is 1.21 bits per heavy atom. The molecule has 2 nitrogen and oxygen atoms in total. The number of fused-ring (bicyclic) bond motifs is 1. The van der Waals surface area contributed by atoms with E-state index in [0.717, 1.165) is 11.1 Å². The summed E-state index contributed by atoms with van der Waals surface area (Å²) in [5, 5.41) is 19.5.